The lowest BCUT2D eigenvalue weighted by molar-refractivity contribution is 0.509. The van der Waals surface area contributed by atoms with Crippen molar-refractivity contribution in [3.8, 4) is 0 Å². The van der Waals surface area contributed by atoms with E-state index in [0.717, 1.165) is 6.42 Å². The molecule has 1 heteroatoms. The van der Waals surface area contributed by atoms with Crippen LogP contribution in [0.3, 0.4) is 0 Å². The summed E-state index contributed by atoms with van der Waals surface area (Å²) in [5.41, 5.74) is 1.41. The van der Waals surface area contributed by atoms with Gasteiger partial charge in [-0.3, -0.25) is 0 Å². The van der Waals surface area contributed by atoms with E-state index in [2.05, 4.69) is 19.9 Å². The van der Waals surface area contributed by atoms with Gasteiger partial charge in [-0.05, 0) is 24.5 Å². The first-order valence-corrected chi connectivity index (χ1v) is 4.93. The number of hydrogen-bond donors (Lipinski definition) is 0. The van der Waals surface area contributed by atoms with Crippen LogP contribution in [0.5, 0.6) is 0 Å². The molecule has 0 aliphatic rings. The lowest BCUT2D eigenvalue weighted by Crippen LogP contribution is -1.87. The highest BCUT2D eigenvalue weighted by atomic mass is 16.3. The molecule has 1 aromatic rings. The zero-order chi connectivity index (χ0) is 8.81. The Morgan fingerprint density at radius 1 is 1.25 bits per heavy atom. The van der Waals surface area contributed by atoms with Gasteiger partial charge in [-0.25, -0.2) is 0 Å². The Morgan fingerprint density at radius 3 is 2.75 bits per heavy atom. The van der Waals surface area contributed by atoms with Crippen LogP contribution in [-0.4, -0.2) is 0 Å². The van der Waals surface area contributed by atoms with E-state index in [4.69, 9.17) is 4.42 Å². The molecule has 0 radical (unpaired) electrons. The maximum atomic E-state index is 5.34. The van der Waals surface area contributed by atoms with Gasteiger partial charge < -0.3 is 4.42 Å². The predicted molar refractivity (Wildman–Crippen MR) is 51.3 cm³/mol. The Labute approximate surface area is 74.8 Å². The SMILES string of the molecule is CCCCCc1ccoc1CC. The maximum Gasteiger partial charge on any atom is 0.106 e. The topological polar surface area (TPSA) is 13.1 Å². The smallest absolute Gasteiger partial charge is 0.106 e. The average molecular weight is 166 g/mol. The second-order valence-corrected chi connectivity index (χ2v) is 3.18. The van der Waals surface area contributed by atoms with Crippen molar-refractivity contribution in [2.75, 3.05) is 0 Å². The number of rotatable bonds is 5. The molecule has 0 unspecified atom stereocenters. The molecular weight excluding hydrogens is 148 g/mol. The van der Waals surface area contributed by atoms with Crippen LogP contribution in [0.2, 0.25) is 0 Å². The van der Waals surface area contributed by atoms with E-state index in [1.54, 1.807) is 6.26 Å². The quantitative estimate of drug-likeness (QED) is 0.609. The van der Waals surface area contributed by atoms with E-state index in [1.165, 1.54) is 37.0 Å². The Bertz CT molecular complexity index is 213. The van der Waals surface area contributed by atoms with Gasteiger partial charge in [-0.1, -0.05) is 26.7 Å². The van der Waals surface area contributed by atoms with Crippen molar-refractivity contribution >= 4 is 0 Å². The number of aryl methyl sites for hydroxylation is 2. The zero-order valence-electron chi connectivity index (χ0n) is 8.10. The molecule has 68 valence electrons. The minimum atomic E-state index is 1.02. The highest BCUT2D eigenvalue weighted by Gasteiger charge is 2.02. The molecule has 0 spiro atoms. The van der Waals surface area contributed by atoms with Gasteiger partial charge in [0, 0.05) is 6.42 Å². The van der Waals surface area contributed by atoms with E-state index in [1.807, 2.05) is 0 Å². The lowest BCUT2D eigenvalue weighted by atomic mass is 10.1. The fraction of sp³-hybridized carbons (Fsp3) is 0.636. The third-order valence-corrected chi connectivity index (χ3v) is 2.21. The number of furan rings is 1. The molecule has 0 aliphatic carbocycles. The van der Waals surface area contributed by atoms with Crippen molar-refractivity contribution in [1.82, 2.24) is 0 Å². The molecule has 1 nitrogen and oxygen atoms in total. The first kappa shape index (κ1) is 9.37. The van der Waals surface area contributed by atoms with Crippen LogP contribution in [0.15, 0.2) is 16.7 Å². The summed E-state index contributed by atoms with van der Waals surface area (Å²) in [6, 6.07) is 2.11. The molecule has 1 heterocycles. The summed E-state index contributed by atoms with van der Waals surface area (Å²) >= 11 is 0. The Kier molecular flexibility index (Phi) is 3.92. The molecule has 1 rings (SSSR count). The van der Waals surface area contributed by atoms with Gasteiger partial charge in [-0.15, -0.1) is 0 Å². The molecule has 1 aromatic heterocycles. The Hall–Kier alpha value is -0.720. The molecule has 0 saturated carbocycles. The van der Waals surface area contributed by atoms with Crippen molar-refractivity contribution in [1.29, 1.82) is 0 Å². The molecule has 0 amide bonds. The summed E-state index contributed by atoms with van der Waals surface area (Å²) in [5.74, 6) is 1.17. The fourth-order valence-corrected chi connectivity index (χ4v) is 1.47. The van der Waals surface area contributed by atoms with Crippen molar-refractivity contribution in [2.24, 2.45) is 0 Å². The van der Waals surface area contributed by atoms with E-state index in [9.17, 15) is 0 Å². The third kappa shape index (κ3) is 2.40. The number of hydrogen-bond acceptors (Lipinski definition) is 1. The summed E-state index contributed by atoms with van der Waals surface area (Å²) in [5, 5.41) is 0. The van der Waals surface area contributed by atoms with E-state index in [0.29, 0.717) is 0 Å². The fourth-order valence-electron chi connectivity index (χ4n) is 1.47. The largest absolute Gasteiger partial charge is 0.469 e. The van der Waals surface area contributed by atoms with E-state index in [-0.39, 0.29) is 0 Å². The van der Waals surface area contributed by atoms with Crippen LogP contribution in [0.1, 0.15) is 44.4 Å². The minimum Gasteiger partial charge on any atom is -0.469 e. The Morgan fingerprint density at radius 2 is 2.08 bits per heavy atom. The minimum absolute atomic E-state index is 1.02. The summed E-state index contributed by atoms with van der Waals surface area (Å²) in [6.45, 7) is 4.37. The molecule has 0 bridgehead atoms. The van der Waals surface area contributed by atoms with Crippen molar-refractivity contribution in [3.63, 3.8) is 0 Å². The van der Waals surface area contributed by atoms with Crippen molar-refractivity contribution in [2.45, 2.75) is 46.0 Å². The molecule has 0 N–H and O–H groups in total. The average Bonchev–Trinajstić information content (AvgIpc) is 2.52. The van der Waals surface area contributed by atoms with Crippen LogP contribution >= 0.6 is 0 Å². The Balaban J connectivity index is 2.39. The molecular formula is C11H18O. The van der Waals surface area contributed by atoms with Gasteiger partial charge in [0.15, 0.2) is 0 Å². The monoisotopic (exact) mass is 166 g/mol. The third-order valence-electron chi connectivity index (χ3n) is 2.21. The van der Waals surface area contributed by atoms with Gasteiger partial charge in [0.25, 0.3) is 0 Å². The first-order valence-electron chi connectivity index (χ1n) is 4.93. The molecule has 0 aromatic carbocycles. The van der Waals surface area contributed by atoms with Crippen LogP contribution in [0.25, 0.3) is 0 Å². The van der Waals surface area contributed by atoms with Gasteiger partial charge in [0.2, 0.25) is 0 Å². The number of unbranched alkanes of at least 4 members (excludes halogenated alkanes) is 2. The van der Waals surface area contributed by atoms with Gasteiger partial charge in [0.1, 0.15) is 5.76 Å². The molecule has 0 aliphatic heterocycles. The summed E-state index contributed by atoms with van der Waals surface area (Å²) in [7, 11) is 0. The van der Waals surface area contributed by atoms with E-state index >= 15 is 0 Å². The normalized spacial score (nSPS) is 10.5. The second-order valence-electron chi connectivity index (χ2n) is 3.18. The van der Waals surface area contributed by atoms with E-state index < -0.39 is 0 Å². The van der Waals surface area contributed by atoms with Gasteiger partial charge in [0.05, 0.1) is 6.26 Å². The second kappa shape index (κ2) is 5.02. The molecule has 0 fully saturated rings. The standard InChI is InChI=1S/C11H18O/c1-3-5-6-7-10-8-9-12-11(10)4-2/h8-9H,3-7H2,1-2H3. The summed E-state index contributed by atoms with van der Waals surface area (Å²) in [4.78, 5) is 0. The predicted octanol–water partition coefficient (Wildman–Crippen LogP) is 3.57. The van der Waals surface area contributed by atoms with Gasteiger partial charge in [-0.2, -0.15) is 0 Å². The maximum absolute atomic E-state index is 5.34. The van der Waals surface area contributed by atoms with Crippen molar-refractivity contribution < 1.29 is 4.42 Å². The zero-order valence-corrected chi connectivity index (χ0v) is 8.10. The van der Waals surface area contributed by atoms with Crippen molar-refractivity contribution in [3.05, 3.63) is 23.7 Å². The van der Waals surface area contributed by atoms with Crippen LogP contribution in [-0.2, 0) is 12.8 Å². The van der Waals surface area contributed by atoms with Crippen LogP contribution < -0.4 is 0 Å². The highest BCUT2D eigenvalue weighted by molar-refractivity contribution is 5.16. The first-order chi connectivity index (χ1) is 5.88. The molecule has 0 atom stereocenters. The summed E-state index contributed by atoms with van der Waals surface area (Å²) < 4.78 is 5.34. The molecule has 0 saturated heterocycles. The van der Waals surface area contributed by atoms with Crippen LogP contribution in [0, 0.1) is 0 Å². The lowest BCUT2D eigenvalue weighted by Gasteiger charge is -1.98. The summed E-state index contributed by atoms with van der Waals surface area (Å²) in [6.07, 6.45) is 7.93. The van der Waals surface area contributed by atoms with Crippen LogP contribution in [0.4, 0.5) is 0 Å². The van der Waals surface area contributed by atoms with Gasteiger partial charge >= 0.3 is 0 Å². The molecule has 12 heavy (non-hydrogen) atoms. The highest BCUT2D eigenvalue weighted by Crippen LogP contribution is 2.14.